The largest absolute Gasteiger partial charge is 0.235 e. The van der Waals surface area contributed by atoms with Crippen LogP contribution < -0.4 is 0 Å². The van der Waals surface area contributed by atoms with Crippen molar-refractivity contribution in [2.75, 3.05) is 0 Å². The van der Waals surface area contributed by atoms with E-state index in [1.54, 1.807) is 6.08 Å². The van der Waals surface area contributed by atoms with Gasteiger partial charge in [0.2, 0.25) is 6.08 Å². The van der Waals surface area contributed by atoms with Gasteiger partial charge >= 0.3 is 0 Å². The van der Waals surface area contributed by atoms with Crippen LogP contribution in [0.2, 0.25) is 0 Å². The Morgan fingerprint density at radius 3 is 2.40 bits per heavy atom. The number of aliphatic imine (C=N–C) groups is 1. The molecule has 2 heteroatoms. The molecule has 52 valence electrons. The number of nitrogens with zero attached hydrogens (tertiary/aromatic N) is 1. The third-order valence-corrected chi connectivity index (χ3v) is 3.63. The van der Waals surface area contributed by atoms with E-state index in [4.69, 9.17) is 0 Å². The van der Waals surface area contributed by atoms with Crippen molar-refractivity contribution in [1.29, 1.82) is 0 Å². The van der Waals surface area contributed by atoms with Crippen molar-refractivity contribution in [2.24, 2.45) is 28.7 Å². The molecule has 0 heterocycles. The van der Waals surface area contributed by atoms with E-state index in [-0.39, 0.29) is 0 Å². The molecule has 3 unspecified atom stereocenters. The maximum Gasteiger partial charge on any atom is 0.235 e. The molecule has 2 nitrogen and oxygen atoms in total. The van der Waals surface area contributed by atoms with Crippen LogP contribution >= 0.6 is 0 Å². The predicted molar refractivity (Wildman–Crippen MR) is 35.1 cm³/mol. The van der Waals surface area contributed by atoms with E-state index in [2.05, 4.69) is 4.99 Å². The van der Waals surface area contributed by atoms with E-state index in [0.717, 1.165) is 23.7 Å². The van der Waals surface area contributed by atoms with Gasteiger partial charge in [-0.25, -0.2) is 9.79 Å². The van der Waals surface area contributed by atoms with Crippen molar-refractivity contribution in [3.8, 4) is 0 Å². The highest BCUT2D eigenvalue weighted by Crippen LogP contribution is 2.71. The second kappa shape index (κ2) is 1.35. The van der Waals surface area contributed by atoms with Crippen molar-refractivity contribution in [2.45, 2.75) is 18.9 Å². The second-order valence-corrected chi connectivity index (χ2v) is 3.85. The zero-order valence-corrected chi connectivity index (χ0v) is 5.66. The molecule has 4 fully saturated rings. The predicted octanol–water partition coefficient (Wildman–Crippen LogP) is 0.977. The number of carbonyl (C=O) groups excluding carboxylic acids is 1. The number of hydrogen-bond donors (Lipinski definition) is 0. The van der Waals surface area contributed by atoms with Gasteiger partial charge < -0.3 is 0 Å². The van der Waals surface area contributed by atoms with Crippen LogP contribution in [0.5, 0.6) is 0 Å². The number of isocyanates is 1. The minimum atomic E-state index is 0.396. The first-order valence-corrected chi connectivity index (χ1v) is 3.99. The zero-order chi connectivity index (χ0) is 6.72. The Morgan fingerprint density at radius 2 is 2.00 bits per heavy atom. The highest BCUT2D eigenvalue weighted by atomic mass is 16.1. The summed E-state index contributed by atoms with van der Waals surface area (Å²) in [5, 5.41) is 0. The smallest absolute Gasteiger partial charge is 0.211 e. The van der Waals surface area contributed by atoms with Crippen molar-refractivity contribution in [3.63, 3.8) is 0 Å². The quantitative estimate of drug-likeness (QED) is 0.389. The molecule has 10 heavy (non-hydrogen) atoms. The summed E-state index contributed by atoms with van der Waals surface area (Å²) >= 11 is 0. The molecule has 0 aliphatic heterocycles. The third-order valence-electron chi connectivity index (χ3n) is 3.63. The summed E-state index contributed by atoms with van der Waals surface area (Å²) < 4.78 is 0. The summed E-state index contributed by atoms with van der Waals surface area (Å²) in [6, 6.07) is 0.396. The van der Waals surface area contributed by atoms with Crippen LogP contribution in [0, 0.1) is 23.7 Å². The molecule has 3 atom stereocenters. The molecule has 0 saturated heterocycles. The van der Waals surface area contributed by atoms with E-state index in [1.165, 1.54) is 12.8 Å². The van der Waals surface area contributed by atoms with Crippen LogP contribution in [-0.4, -0.2) is 12.1 Å². The van der Waals surface area contributed by atoms with Gasteiger partial charge in [0.25, 0.3) is 0 Å². The van der Waals surface area contributed by atoms with Crippen molar-refractivity contribution in [1.82, 2.24) is 0 Å². The molecule has 4 aliphatic carbocycles. The minimum absolute atomic E-state index is 0.396. The average molecular weight is 135 g/mol. The molecule has 0 aromatic carbocycles. The summed E-state index contributed by atoms with van der Waals surface area (Å²) in [7, 11) is 0. The van der Waals surface area contributed by atoms with E-state index >= 15 is 0 Å². The lowest BCUT2D eigenvalue weighted by atomic mass is 10.1. The monoisotopic (exact) mass is 135 g/mol. The van der Waals surface area contributed by atoms with Crippen LogP contribution in [0.3, 0.4) is 0 Å². The first kappa shape index (κ1) is 5.09. The standard InChI is InChI=1S/C8H9NO/c10-3-9-8-4-1-5-6(2-4)7(5)8/h4-8H,1-2H2. The summed E-state index contributed by atoms with van der Waals surface area (Å²) in [4.78, 5) is 13.9. The molecule has 0 spiro atoms. The maximum absolute atomic E-state index is 10.00. The Hall–Kier alpha value is -0.620. The topological polar surface area (TPSA) is 29.4 Å². The molecule has 0 aromatic rings. The Balaban J connectivity index is 1.96. The lowest BCUT2D eigenvalue weighted by Gasteiger charge is -2.04. The van der Waals surface area contributed by atoms with Crippen LogP contribution in [0.25, 0.3) is 0 Å². The van der Waals surface area contributed by atoms with Gasteiger partial charge in [-0.05, 0) is 36.5 Å². The summed E-state index contributed by atoms with van der Waals surface area (Å²) in [6.07, 6.45) is 4.40. The molecule has 0 N–H and O–H groups in total. The van der Waals surface area contributed by atoms with E-state index < -0.39 is 0 Å². The van der Waals surface area contributed by atoms with E-state index in [1.807, 2.05) is 0 Å². The fourth-order valence-corrected chi connectivity index (χ4v) is 3.29. The van der Waals surface area contributed by atoms with E-state index in [0.29, 0.717) is 6.04 Å². The first-order valence-electron chi connectivity index (χ1n) is 3.99. The highest BCUT2D eigenvalue weighted by Gasteiger charge is 2.68. The Kier molecular flexibility index (Phi) is 0.687. The zero-order valence-electron chi connectivity index (χ0n) is 5.66. The van der Waals surface area contributed by atoms with Crippen molar-refractivity contribution in [3.05, 3.63) is 0 Å². The SMILES string of the molecule is O=C=NC1C2CC3C(C2)C31. The van der Waals surface area contributed by atoms with Crippen LogP contribution in [0.1, 0.15) is 12.8 Å². The Morgan fingerprint density at radius 1 is 1.30 bits per heavy atom. The Bertz CT molecular complexity index is 217. The third kappa shape index (κ3) is 0.373. The maximum atomic E-state index is 10.00. The number of hydrogen-bond acceptors (Lipinski definition) is 2. The molecule has 4 aliphatic rings. The second-order valence-electron chi connectivity index (χ2n) is 3.85. The summed E-state index contributed by atoms with van der Waals surface area (Å²) in [6.45, 7) is 0. The van der Waals surface area contributed by atoms with Crippen molar-refractivity contribution < 1.29 is 4.79 Å². The fourth-order valence-electron chi connectivity index (χ4n) is 3.29. The summed E-state index contributed by atoms with van der Waals surface area (Å²) in [5.74, 6) is 3.51. The van der Waals surface area contributed by atoms with Gasteiger partial charge in [0, 0.05) is 0 Å². The first-order chi connectivity index (χ1) is 4.92. The van der Waals surface area contributed by atoms with E-state index in [9.17, 15) is 4.79 Å². The lowest BCUT2D eigenvalue weighted by molar-refractivity contribution is 0.510. The van der Waals surface area contributed by atoms with Gasteiger partial charge in [-0.1, -0.05) is 0 Å². The van der Waals surface area contributed by atoms with Crippen LogP contribution in [0.15, 0.2) is 4.99 Å². The Labute approximate surface area is 59.3 Å². The van der Waals surface area contributed by atoms with Crippen LogP contribution in [0.4, 0.5) is 0 Å². The molecule has 0 amide bonds. The molecule has 0 radical (unpaired) electrons. The van der Waals surface area contributed by atoms with Gasteiger partial charge in [-0.2, -0.15) is 0 Å². The van der Waals surface area contributed by atoms with Gasteiger partial charge in [0.15, 0.2) is 0 Å². The fraction of sp³-hybridized carbons (Fsp3) is 0.875. The molecular formula is C8H9NO. The normalized spacial score (nSPS) is 60.2. The molecule has 4 saturated carbocycles. The molecule has 0 aromatic heterocycles. The highest BCUT2D eigenvalue weighted by molar-refractivity contribution is 5.36. The number of rotatable bonds is 1. The van der Waals surface area contributed by atoms with Gasteiger partial charge in [0.05, 0.1) is 6.04 Å². The molecule has 4 rings (SSSR count). The lowest BCUT2D eigenvalue weighted by Crippen LogP contribution is -2.07. The van der Waals surface area contributed by atoms with Gasteiger partial charge in [-0.3, -0.25) is 0 Å². The average Bonchev–Trinajstić information content (AvgIpc) is 2.38. The van der Waals surface area contributed by atoms with Crippen LogP contribution in [-0.2, 0) is 4.79 Å². The van der Waals surface area contributed by atoms with Gasteiger partial charge in [0.1, 0.15) is 0 Å². The molecular weight excluding hydrogens is 126 g/mol. The summed E-state index contributed by atoms with van der Waals surface area (Å²) in [5.41, 5.74) is 0. The molecule has 4 bridgehead atoms. The van der Waals surface area contributed by atoms with Crippen molar-refractivity contribution >= 4 is 6.08 Å². The minimum Gasteiger partial charge on any atom is -0.211 e. The van der Waals surface area contributed by atoms with Gasteiger partial charge in [-0.15, -0.1) is 0 Å².